The summed E-state index contributed by atoms with van der Waals surface area (Å²) in [5.41, 5.74) is 6.95. The van der Waals surface area contributed by atoms with E-state index in [-0.39, 0.29) is 5.91 Å². The van der Waals surface area contributed by atoms with Crippen LogP contribution >= 0.6 is 0 Å². The molecule has 0 bridgehead atoms. The van der Waals surface area contributed by atoms with Gasteiger partial charge in [-0.3, -0.25) is 4.79 Å². The molecule has 1 fully saturated rings. The van der Waals surface area contributed by atoms with Gasteiger partial charge in [-0.2, -0.15) is 0 Å². The van der Waals surface area contributed by atoms with Gasteiger partial charge < -0.3 is 10.5 Å². The van der Waals surface area contributed by atoms with E-state index in [1.807, 2.05) is 6.07 Å². The lowest BCUT2D eigenvalue weighted by Crippen LogP contribution is -2.09. The summed E-state index contributed by atoms with van der Waals surface area (Å²) in [6, 6.07) is 3.98. The van der Waals surface area contributed by atoms with Crippen molar-refractivity contribution >= 4 is 5.91 Å². The highest BCUT2D eigenvalue weighted by molar-refractivity contribution is 5.73. The number of ether oxygens (including phenoxy) is 1. The summed E-state index contributed by atoms with van der Waals surface area (Å²) in [7, 11) is 1.64. The summed E-state index contributed by atoms with van der Waals surface area (Å²) in [6.45, 7) is 0. The van der Waals surface area contributed by atoms with Gasteiger partial charge in [0.25, 0.3) is 0 Å². The van der Waals surface area contributed by atoms with Gasteiger partial charge in [0.1, 0.15) is 5.69 Å². The average Bonchev–Trinajstić information content (AvgIpc) is 3.22. The summed E-state index contributed by atoms with van der Waals surface area (Å²) in [5.74, 6) is 7.00. The van der Waals surface area contributed by atoms with Crippen molar-refractivity contribution in [1.82, 2.24) is 4.98 Å². The van der Waals surface area contributed by atoms with Crippen LogP contribution in [0.2, 0.25) is 0 Å². The topological polar surface area (TPSA) is 65.2 Å². The molecule has 4 heteroatoms. The molecule has 0 atom stereocenters. The third-order valence-electron chi connectivity index (χ3n) is 3.04. The van der Waals surface area contributed by atoms with Crippen LogP contribution in [0.1, 0.15) is 49.3 Å². The first-order valence-electron chi connectivity index (χ1n) is 6.53. The highest BCUT2D eigenvalue weighted by Gasteiger charge is 2.27. The molecule has 0 saturated heterocycles. The van der Waals surface area contributed by atoms with E-state index in [0.29, 0.717) is 36.8 Å². The number of aromatic nitrogens is 1. The van der Waals surface area contributed by atoms with E-state index < -0.39 is 0 Å². The van der Waals surface area contributed by atoms with Crippen molar-refractivity contribution in [2.45, 2.75) is 38.0 Å². The number of hydrogen-bond acceptors (Lipinski definition) is 3. The van der Waals surface area contributed by atoms with E-state index in [2.05, 4.69) is 22.9 Å². The number of nitrogens with zero attached hydrogens (tertiary/aromatic N) is 1. The molecule has 0 aromatic carbocycles. The SMILES string of the molecule is COc1nc(C#CCCCC(N)=O)ccc1C1CC1. The van der Waals surface area contributed by atoms with Gasteiger partial charge in [-0.15, -0.1) is 0 Å². The van der Waals surface area contributed by atoms with E-state index in [1.54, 1.807) is 7.11 Å². The maximum absolute atomic E-state index is 10.6. The van der Waals surface area contributed by atoms with Crippen LogP contribution in [0.4, 0.5) is 0 Å². The van der Waals surface area contributed by atoms with Gasteiger partial charge in [0.05, 0.1) is 7.11 Å². The summed E-state index contributed by atoms with van der Waals surface area (Å²) in [5, 5.41) is 0. The number of primary amides is 1. The number of pyridine rings is 1. The van der Waals surface area contributed by atoms with Gasteiger partial charge in [0.2, 0.25) is 11.8 Å². The zero-order valence-electron chi connectivity index (χ0n) is 11.1. The minimum atomic E-state index is -0.282. The fourth-order valence-corrected chi connectivity index (χ4v) is 1.89. The predicted octanol–water partition coefficient (Wildman–Crippen LogP) is 1.97. The number of amides is 1. The fourth-order valence-electron chi connectivity index (χ4n) is 1.89. The van der Waals surface area contributed by atoms with E-state index in [9.17, 15) is 4.79 Å². The molecular weight excluding hydrogens is 240 g/mol. The summed E-state index contributed by atoms with van der Waals surface area (Å²) in [4.78, 5) is 15.0. The van der Waals surface area contributed by atoms with Crippen molar-refractivity contribution < 1.29 is 9.53 Å². The van der Waals surface area contributed by atoms with Crippen molar-refractivity contribution in [2.24, 2.45) is 5.73 Å². The second-order valence-corrected chi connectivity index (χ2v) is 4.69. The smallest absolute Gasteiger partial charge is 0.217 e. The maximum Gasteiger partial charge on any atom is 0.217 e. The highest BCUT2D eigenvalue weighted by Crippen LogP contribution is 2.43. The predicted molar refractivity (Wildman–Crippen MR) is 72.7 cm³/mol. The Labute approximate surface area is 113 Å². The first kappa shape index (κ1) is 13.4. The molecule has 1 aliphatic rings. The molecule has 0 aliphatic heterocycles. The van der Waals surface area contributed by atoms with Crippen LogP contribution in [-0.4, -0.2) is 18.0 Å². The van der Waals surface area contributed by atoms with Crippen LogP contribution < -0.4 is 10.5 Å². The molecule has 100 valence electrons. The molecule has 0 spiro atoms. The van der Waals surface area contributed by atoms with Crippen LogP contribution in [0.5, 0.6) is 5.88 Å². The van der Waals surface area contributed by atoms with Gasteiger partial charge in [-0.25, -0.2) is 4.98 Å². The van der Waals surface area contributed by atoms with Gasteiger partial charge >= 0.3 is 0 Å². The number of carbonyl (C=O) groups is 1. The molecule has 0 unspecified atom stereocenters. The molecule has 1 heterocycles. The van der Waals surface area contributed by atoms with Crippen molar-refractivity contribution in [1.29, 1.82) is 0 Å². The molecule has 1 aliphatic carbocycles. The normalized spacial score (nSPS) is 13.5. The van der Waals surface area contributed by atoms with Gasteiger partial charge in [-0.1, -0.05) is 12.0 Å². The molecule has 2 N–H and O–H groups in total. The Morgan fingerprint density at radius 1 is 1.53 bits per heavy atom. The minimum absolute atomic E-state index is 0.282. The zero-order valence-corrected chi connectivity index (χ0v) is 11.1. The third-order valence-corrected chi connectivity index (χ3v) is 3.04. The monoisotopic (exact) mass is 258 g/mol. The number of nitrogens with two attached hydrogens (primary N) is 1. The van der Waals surface area contributed by atoms with E-state index in [0.717, 1.165) is 0 Å². The summed E-state index contributed by atoms with van der Waals surface area (Å²) >= 11 is 0. The van der Waals surface area contributed by atoms with Gasteiger partial charge in [0, 0.05) is 18.4 Å². The van der Waals surface area contributed by atoms with Crippen LogP contribution in [0.25, 0.3) is 0 Å². The second kappa shape index (κ2) is 6.24. The Bertz CT molecular complexity index is 525. The molecule has 4 nitrogen and oxygen atoms in total. The number of methoxy groups -OCH3 is 1. The number of rotatable bonds is 5. The lowest BCUT2D eigenvalue weighted by atomic mass is 10.1. The second-order valence-electron chi connectivity index (χ2n) is 4.69. The van der Waals surface area contributed by atoms with Crippen molar-refractivity contribution in [3.63, 3.8) is 0 Å². The lowest BCUT2D eigenvalue weighted by molar-refractivity contribution is -0.118. The Hall–Kier alpha value is -2.02. The Morgan fingerprint density at radius 2 is 2.32 bits per heavy atom. The molecule has 1 aromatic rings. The lowest BCUT2D eigenvalue weighted by Gasteiger charge is -2.05. The Kier molecular flexibility index (Phi) is 4.40. The molecule has 1 aromatic heterocycles. The first-order chi connectivity index (χ1) is 9.20. The molecule has 0 radical (unpaired) electrons. The number of unbranched alkanes of at least 4 members (excludes halogenated alkanes) is 1. The van der Waals surface area contributed by atoms with Crippen LogP contribution in [0.15, 0.2) is 12.1 Å². The van der Waals surface area contributed by atoms with Gasteiger partial charge in [0.15, 0.2) is 0 Å². The standard InChI is InChI=1S/C15H18N2O2/c1-19-15-13(11-7-8-11)10-9-12(17-15)5-3-2-4-6-14(16)18/h9-11H,2,4,6-8H2,1H3,(H2,16,18). The molecule has 19 heavy (non-hydrogen) atoms. The van der Waals surface area contributed by atoms with E-state index >= 15 is 0 Å². The van der Waals surface area contributed by atoms with Crippen molar-refractivity contribution in [3.05, 3.63) is 23.4 Å². The number of hydrogen-bond donors (Lipinski definition) is 1. The Balaban J connectivity index is 1.97. The first-order valence-corrected chi connectivity index (χ1v) is 6.53. The zero-order chi connectivity index (χ0) is 13.7. The Morgan fingerprint density at radius 3 is 2.95 bits per heavy atom. The van der Waals surface area contributed by atoms with Crippen LogP contribution in [0, 0.1) is 11.8 Å². The van der Waals surface area contributed by atoms with E-state index in [4.69, 9.17) is 10.5 Å². The van der Waals surface area contributed by atoms with Gasteiger partial charge in [-0.05, 0) is 37.2 Å². The molecule has 2 rings (SSSR count). The van der Waals surface area contributed by atoms with Crippen molar-refractivity contribution in [2.75, 3.05) is 7.11 Å². The largest absolute Gasteiger partial charge is 0.481 e. The maximum atomic E-state index is 10.6. The van der Waals surface area contributed by atoms with Crippen molar-refractivity contribution in [3.8, 4) is 17.7 Å². The van der Waals surface area contributed by atoms with Crippen LogP contribution in [-0.2, 0) is 4.79 Å². The molecule has 1 amide bonds. The molecule has 1 saturated carbocycles. The number of carbonyl (C=O) groups excluding carboxylic acids is 1. The average molecular weight is 258 g/mol. The minimum Gasteiger partial charge on any atom is -0.481 e. The fraction of sp³-hybridized carbons (Fsp3) is 0.467. The summed E-state index contributed by atoms with van der Waals surface area (Å²) in [6.07, 6.45) is 4.16. The highest BCUT2D eigenvalue weighted by atomic mass is 16.5. The third kappa shape index (κ3) is 3.99. The summed E-state index contributed by atoms with van der Waals surface area (Å²) < 4.78 is 5.31. The van der Waals surface area contributed by atoms with E-state index in [1.165, 1.54) is 18.4 Å². The quantitative estimate of drug-likeness (QED) is 0.648. The molecular formula is C15H18N2O2. The van der Waals surface area contributed by atoms with Crippen LogP contribution in [0.3, 0.4) is 0 Å².